The first-order chi connectivity index (χ1) is 6.95. The first-order valence-corrected chi connectivity index (χ1v) is 5.24. The van der Waals surface area contributed by atoms with E-state index in [0.717, 1.165) is 26.3 Å². The van der Waals surface area contributed by atoms with Crippen molar-refractivity contribution < 1.29 is 4.74 Å². The monoisotopic (exact) mass is 195 g/mol. The molecule has 1 N–H and O–H groups in total. The molecule has 4 nitrogen and oxygen atoms in total. The van der Waals surface area contributed by atoms with E-state index in [1.54, 1.807) is 0 Å². The summed E-state index contributed by atoms with van der Waals surface area (Å²) in [7, 11) is 0. The summed E-state index contributed by atoms with van der Waals surface area (Å²) in [6.07, 6.45) is 6.21. The minimum Gasteiger partial charge on any atom is -0.380 e. The molecule has 1 aliphatic rings. The van der Waals surface area contributed by atoms with Gasteiger partial charge in [0.25, 0.3) is 0 Å². The minimum absolute atomic E-state index is 0.541. The van der Waals surface area contributed by atoms with Gasteiger partial charge in [0.05, 0.1) is 13.2 Å². The third-order valence-electron chi connectivity index (χ3n) is 2.49. The molecule has 4 heteroatoms. The van der Waals surface area contributed by atoms with Gasteiger partial charge >= 0.3 is 0 Å². The summed E-state index contributed by atoms with van der Waals surface area (Å²) < 4.78 is 7.33. The second kappa shape index (κ2) is 5.12. The van der Waals surface area contributed by atoms with E-state index in [0.29, 0.717) is 6.04 Å². The number of rotatable bonds is 4. The normalized spacial score (nSPS) is 22.4. The molecule has 1 saturated heterocycles. The fourth-order valence-corrected chi connectivity index (χ4v) is 1.72. The maximum atomic E-state index is 5.38. The summed E-state index contributed by atoms with van der Waals surface area (Å²) in [5.74, 6) is 0. The van der Waals surface area contributed by atoms with Crippen molar-refractivity contribution in [1.29, 1.82) is 0 Å². The zero-order valence-electron chi connectivity index (χ0n) is 8.35. The van der Waals surface area contributed by atoms with E-state index in [1.165, 1.54) is 12.8 Å². The molecule has 0 radical (unpaired) electrons. The fourth-order valence-electron chi connectivity index (χ4n) is 1.72. The summed E-state index contributed by atoms with van der Waals surface area (Å²) in [4.78, 5) is 0. The SMILES string of the molecule is c1cnn(CCNC2CCCOC2)c1. The molecule has 0 aromatic carbocycles. The van der Waals surface area contributed by atoms with Crippen molar-refractivity contribution >= 4 is 0 Å². The molecule has 2 heterocycles. The van der Waals surface area contributed by atoms with E-state index in [4.69, 9.17) is 4.74 Å². The van der Waals surface area contributed by atoms with Gasteiger partial charge in [0.1, 0.15) is 0 Å². The van der Waals surface area contributed by atoms with Crippen LogP contribution in [0.15, 0.2) is 18.5 Å². The largest absolute Gasteiger partial charge is 0.380 e. The van der Waals surface area contributed by atoms with Gasteiger partial charge in [-0.1, -0.05) is 0 Å². The number of nitrogens with one attached hydrogen (secondary N) is 1. The fraction of sp³-hybridized carbons (Fsp3) is 0.700. The van der Waals surface area contributed by atoms with Gasteiger partial charge in [-0.3, -0.25) is 4.68 Å². The van der Waals surface area contributed by atoms with E-state index in [9.17, 15) is 0 Å². The van der Waals surface area contributed by atoms with Crippen LogP contribution in [0.3, 0.4) is 0 Å². The van der Waals surface area contributed by atoms with Crippen LogP contribution >= 0.6 is 0 Å². The van der Waals surface area contributed by atoms with Gasteiger partial charge in [0.2, 0.25) is 0 Å². The lowest BCUT2D eigenvalue weighted by Crippen LogP contribution is -2.38. The molecule has 1 unspecified atom stereocenters. The van der Waals surface area contributed by atoms with Crippen molar-refractivity contribution in [3.63, 3.8) is 0 Å². The molecule has 2 rings (SSSR count). The molecular weight excluding hydrogens is 178 g/mol. The summed E-state index contributed by atoms with van der Waals surface area (Å²) in [6, 6.07) is 2.49. The van der Waals surface area contributed by atoms with Crippen LogP contribution in [-0.2, 0) is 11.3 Å². The van der Waals surface area contributed by atoms with Gasteiger partial charge < -0.3 is 10.1 Å². The number of hydrogen-bond donors (Lipinski definition) is 1. The molecule has 1 aromatic rings. The third kappa shape index (κ3) is 2.82. The van der Waals surface area contributed by atoms with Crippen molar-refractivity contribution in [3.05, 3.63) is 18.5 Å². The first-order valence-electron chi connectivity index (χ1n) is 5.24. The van der Waals surface area contributed by atoms with Crippen molar-refractivity contribution in [2.45, 2.75) is 25.4 Å². The highest BCUT2D eigenvalue weighted by Gasteiger charge is 2.12. The molecule has 1 aromatic heterocycles. The molecule has 14 heavy (non-hydrogen) atoms. The first kappa shape index (κ1) is 9.68. The number of aromatic nitrogens is 2. The molecule has 1 atom stereocenters. The standard InChI is InChI=1S/C10H17N3O/c1-3-10(9-14-8-1)11-5-7-13-6-2-4-12-13/h2,4,6,10-11H,1,3,5,7-9H2. The smallest absolute Gasteiger partial charge is 0.0619 e. The Bertz CT molecular complexity index is 242. The lowest BCUT2D eigenvalue weighted by molar-refractivity contribution is 0.0702. The molecule has 0 spiro atoms. The van der Waals surface area contributed by atoms with Gasteiger partial charge in [-0.05, 0) is 18.9 Å². The summed E-state index contributed by atoms with van der Waals surface area (Å²) in [6.45, 7) is 3.69. The van der Waals surface area contributed by atoms with Gasteiger partial charge in [-0.15, -0.1) is 0 Å². The van der Waals surface area contributed by atoms with Crippen LogP contribution in [0.5, 0.6) is 0 Å². The van der Waals surface area contributed by atoms with Gasteiger partial charge in [-0.2, -0.15) is 5.10 Å². The quantitative estimate of drug-likeness (QED) is 0.766. The van der Waals surface area contributed by atoms with Gasteiger partial charge in [-0.25, -0.2) is 0 Å². The summed E-state index contributed by atoms with van der Waals surface area (Å²) in [5, 5.41) is 7.62. The lowest BCUT2D eigenvalue weighted by atomic mass is 10.1. The van der Waals surface area contributed by atoms with E-state index >= 15 is 0 Å². The molecule has 1 fully saturated rings. The maximum Gasteiger partial charge on any atom is 0.0619 e. The molecule has 78 valence electrons. The predicted octanol–water partition coefficient (Wildman–Crippen LogP) is 0.652. The molecule has 0 amide bonds. The van der Waals surface area contributed by atoms with Crippen LogP contribution in [0.4, 0.5) is 0 Å². The summed E-state index contributed by atoms with van der Waals surface area (Å²) >= 11 is 0. The number of nitrogens with zero attached hydrogens (tertiary/aromatic N) is 2. The molecule has 0 bridgehead atoms. The van der Waals surface area contributed by atoms with Crippen LogP contribution < -0.4 is 5.32 Å². The second-order valence-corrected chi connectivity index (χ2v) is 3.64. The molecular formula is C10H17N3O. The van der Waals surface area contributed by atoms with Crippen LogP contribution in [0.1, 0.15) is 12.8 Å². The zero-order valence-corrected chi connectivity index (χ0v) is 8.35. The third-order valence-corrected chi connectivity index (χ3v) is 2.49. The van der Waals surface area contributed by atoms with E-state index < -0.39 is 0 Å². The van der Waals surface area contributed by atoms with Crippen LogP contribution in [-0.4, -0.2) is 35.6 Å². The van der Waals surface area contributed by atoms with Gasteiger partial charge in [0, 0.05) is 31.6 Å². The Kier molecular flexibility index (Phi) is 3.54. The Morgan fingerprint density at radius 2 is 2.57 bits per heavy atom. The molecule has 1 aliphatic heterocycles. The predicted molar refractivity (Wildman–Crippen MR) is 54.1 cm³/mol. The Morgan fingerprint density at radius 1 is 1.57 bits per heavy atom. The van der Waals surface area contributed by atoms with Crippen molar-refractivity contribution in [2.75, 3.05) is 19.8 Å². The minimum atomic E-state index is 0.541. The molecule has 0 aliphatic carbocycles. The Labute approximate surface area is 84.3 Å². The molecule has 0 saturated carbocycles. The van der Waals surface area contributed by atoms with Crippen LogP contribution in [0.25, 0.3) is 0 Å². The maximum absolute atomic E-state index is 5.38. The highest BCUT2D eigenvalue weighted by Crippen LogP contribution is 2.05. The summed E-state index contributed by atoms with van der Waals surface area (Å²) in [5.41, 5.74) is 0. The topological polar surface area (TPSA) is 39.1 Å². The van der Waals surface area contributed by atoms with Crippen molar-refractivity contribution in [3.8, 4) is 0 Å². The highest BCUT2D eigenvalue weighted by atomic mass is 16.5. The second-order valence-electron chi connectivity index (χ2n) is 3.64. The average molecular weight is 195 g/mol. The highest BCUT2D eigenvalue weighted by molar-refractivity contribution is 4.78. The Balaban J connectivity index is 1.62. The zero-order chi connectivity index (χ0) is 9.64. The average Bonchev–Trinajstić information content (AvgIpc) is 2.72. The van der Waals surface area contributed by atoms with Crippen LogP contribution in [0, 0.1) is 0 Å². The van der Waals surface area contributed by atoms with E-state index in [-0.39, 0.29) is 0 Å². The van der Waals surface area contributed by atoms with Gasteiger partial charge in [0.15, 0.2) is 0 Å². The van der Waals surface area contributed by atoms with Crippen molar-refractivity contribution in [2.24, 2.45) is 0 Å². The van der Waals surface area contributed by atoms with Crippen LogP contribution in [0.2, 0.25) is 0 Å². The Hall–Kier alpha value is -0.870. The lowest BCUT2D eigenvalue weighted by Gasteiger charge is -2.23. The number of hydrogen-bond acceptors (Lipinski definition) is 3. The Morgan fingerprint density at radius 3 is 3.29 bits per heavy atom. The van der Waals surface area contributed by atoms with Crippen molar-refractivity contribution in [1.82, 2.24) is 15.1 Å². The number of ether oxygens (including phenoxy) is 1. The van der Waals surface area contributed by atoms with E-state index in [2.05, 4.69) is 10.4 Å². The van der Waals surface area contributed by atoms with E-state index in [1.807, 2.05) is 23.1 Å².